The maximum absolute atomic E-state index is 6.54. The van der Waals surface area contributed by atoms with Gasteiger partial charge in [0.2, 0.25) is 8.32 Å². The van der Waals surface area contributed by atoms with E-state index in [9.17, 15) is 0 Å². The number of hydrogen-bond acceptors (Lipinski definition) is 2. The van der Waals surface area contributed by atoms with Crippen LogP contribution in [0, 0.1) is 0 Å². The van der Waals surface area contributed by atoms with E-state index in [0.29, 0.717) is 6.61 Å². The van der Waals surface area contributed by atoms with Crippen LogP contribution in [0.1, 0.15) is 59.6 Å². The molecule has 0 unspecified atom stereocenters. The molecular weight excluding hydrogens is 340 g/mol. The van der Waals surface area contributed by atoms with E-state index in [1.807, 2.05) is 0 Å². The van der Waals surface area contributed by atoms with Crippen LogP contribution in [-0.2, 0) is 17.5 Å². The third-order valence-electron chi connectivity index (χ3n) is 6.02. The predicted molar refractivity (Wildman–Crippen MR) is 116 cm³/mol. The van der Waals surface area contributed by atoms with Crippen LogP contribution in [0.2, 0.25) is 36.3 Å². The molecule has 1 aromatic rings. The third-order valence-corrected chi connectivity index (χ3v) is 14.9. The largest absolute Gasteiger partial charge is 0.543 e. The molecule has 2 nitrogen and oxygen atoms in total. The molecule has 144 valence electrons. The van der Waals surface area contributed by atoms with Crippen LogP contribution < -0.4 is 4.43 Å². The lowest BCUT2D eigenvalue weighted by Crippen LogP contribution is -2.43. The van der Waals surface area contributed by atoms with Crippen LogP contribution in [0.4, 0.5) is 0 Å². The highest BCUT2D eigenvalue weighted by Crippen LogP contribution is 2.39. The Balaban J connectivity index is 3.04. The van der Waals surface area contributed by atoms with Crippen molar-refractivity contribution in [3.05, 3.63) is 29.3 Å². The van der Waals surface area contributed by atoms with E-state index in [4.69, 9.17) is 8.85 Å². The van der Waals surface area contributed by atoms with Crippen molar-refractivity contribution in [2.24, 2.45) is 0 Å². The molecule has 0 radical (unpaired) electrons. The van der Waals surface area contributed by atoms with Gasteiger partial charge in [-0.25, -0.2) is 0 Å². The first-order valence-corrected chi connectivity index (χ1v) is 15.4. The van der Waals surface area contributed by atoms with Crippen molar-refractivity contribution in [3.63, 3.8) is 0 Å². The third kappa shape index (κ3) is 5.97. The Labute approximate surface area is 158 Å². The quantitative estimate of drug-likeness (QED) is 0.488. The summed E-state index contributed by atoms with van der Waals surface area (Å²) in [6.45, 7) is 25.8. The second kappa shape index (κ2) is 7.57. The maximum atomic E-state index is 6.54. The molecular formula is C21H40O2Si2. The van der Waals surface area contributed by atoms with Crippen LogP contribution in [-0.4, -0.2) is 16.6 Å². The molecule has 0 N–H and O–H groups in total. The van der Waals surface area contributed by atoms with Gasteiger partial charge in [-0.1, -0.05) is 54.5 Å². The SMILES string of the molecule is CCc1cc(CO[Si](C)(C)C(C)(C)C)cc(O[Si](C)(C)C(C)(C)C)c1. The molecule has 1 rings (SSSR count). The zero-order valence-electron chi connectivity index (χ0n) is 18.5. The Morgan fingerprint density at radius 2 is 1.24 bits per heavy atom. The Morgan fingerprint density at radius 3 is 1.68 bits per heavy atom. The summed E-state index contributed by atoms with van der Waals surface area (Å²) in [5, 5.41) is 0.433. The highest BCUT2D eigenvalue weighted by atomic mass is 28.4. The first-order valence-electron chi connectivity index (χ1n) is 9.55. The van der Waals surface area contributed by atoms with Crippen LogP contribution in [0.25, 0.3) is 0 Å². The number of hydrogen-bond donors (Lipinski definition) is 0. The Hall–Kier alpha value is -0.586. The van der Waals surface area contributed by atoms with Gasteiger partial charge in [-0.2, -0.15) is 0 Å². The summed E-state index contributed by atoms with van der Waals surface area (Å²) < 4.78 is 13.0. The molecule has 0 atom stereocenters. The highest BCUT2D eigenvalue weighted by molar-refractivity contribution is 6.75. The summed E-state index contributed by atoms with van der Waals surface area (Å²) in [5.74, 6) is 1.01. The fourth-order valence-electron chi connectivity index (χ4n) is 2.00. The van der Waals surface area contributed by atoms with Gasteiger partial charge >= 0.3 is 0 Å². The summed E-state index contributed by atoms with van der Waals surface area (Å²) in [6.07, 6.45) is 1.02. The van der Waals surface area contributed by atoms with Gasteiger partial charge < -0.3 is 8.85 Å². The van der Waals surface area contributed by atoms with Crippen molar-refractivity contribution in [1.82, 2.24) is 0 Å². The molecule has 0 saturated heterocycles. The van der Waals surface area contributed by atoms with Crippen LogP contribution >= 0.6 is 0 Å². The molecule has 25 heavy (non-hydrogen) atoms. The van der Waals surface area contributed by atoms with Crippen molar-refractivity contribution in [2.75, 3.05) is 0 Å². The molecule has 4 heteroatoms. The Kier molecular flexibility index (Phi) is 6.80. The molecule has 0 saturated carbocycles. The van der Waals surface area contributed by atoms with Gasteiger partial charge in [0.05, 0.1) is 6.61 Å². The molecule has 0 aliphatic rings. The van der Waals surface area contributed by atoms with Gasteiger partial charge in [0.1, 0.15) is 5.75 Å². The standard InChI is InChI=1S/C21H40O2Si2/c1-12-17-13-18(16-22-24(8,9)20(2,3)4)15-19(14-17)23-25(10,11)21(5,6)7/h13-15H,12,16H2,1-11H3. The summed E-state index contributed by atoms with van der Waals surface area (Å²) in [5.41, 5.74) is 2.56. The molecule has 1 aromatic carbocycles. The molecule has 0 aromatic heterocycles. The maximum Gasteiger partial charge on any atom is 0.250 e. The van der Waals surface area contributed by atoms with E-state index >= 15 is 0 Å². The van der Waals surface area contributed by atoms with Gasteiger partial charge in [-0.05, 0) is 65.9 Å². The topological polar surface area (TPSA) is 18.5 Å². The lowest BCUT2D eigenvalue weighted by atomic mass is 10.1. The molecule has 0 bridgehead atoms. The molecule has 0 aliphatic heterocycles. The lowest BCUT2D eigenvalue weighted by Gasteiger charge is -2.37. The number of rotatable bonds is 6. The van der Waals surface area contributed by atoms with E-state index in [0.717, 1.165) is 12.2 Å². The van der Waals surface area contributed by atoms with E-state index in [-0.39, 0.29) is 10.1 Å². The number of aryl methyl sites for hydroxylation is 1. The smallest absolute Gasteiger partial charge is 0.250 e. The van der Waals surface area contributed by atoms with E-state index in [2.05, 4.69) is 92.9 Å². The minimum Gasteiger partial charge on any atom is -0.543 e. The summed E-state index contributed by atoms with van der Waals surface area (Å²) >= 11 is 0. The van der Waals surface area contributed by atoms with Gasteiger partial charge in [0, 0.05) is 0 Å². The normalized spacial score (nSPS) is 13.9. The van der Waals surface area contributed by atoms with Crippen molar-refractivity contribution in [3.8, 4) is 5.75 Å². The monoisotopic (exact) mass is 380 g/mol. The Bertz CT molecular complexity index is 579. The minimum absolute atomic E-state index is 0.201. The average Bonchev–Trinajstić information content (AvgIpc) is 2.42. The summed E-state index contributed by atoms with van der Waals surface area (Å²) in [7, 11) is -3.57. The molecule has 0 spiro atoms. The van der Waals surface area contributed by atoms with Crippen LogP contribution in [0.3, 0.4) is 0 Å². The minimum atomic E-state index is -1.83. The van der Waals surface area contributed by atoms with Crippen molar-refractivity contribution in [1.29, 1.82) is 0 Å². The molecule has 0 heterocycles. The summed E-state index contributed by atoms with van der Waals surface area (Å²) in [4.78, 5) is 0. The van der Waals surface area contributed by atoms with Gasteiger partial charge in [-0.3, -0.25) is 0 Å². The number of benzene rings is 1. The average molecular weight is 381 g/mol. The zero-order chi connectivity index (χ0) is 19.7. The fraction of sp³-hybridized carbons (Fsp3) is 0.714. The van der Waals surface area contributed by atoms with Crippen molar-refractivity contribution < 1.29 is 8.85 Å². The van der Waals surface area contributed by atoms with Crippen LogP contribution in [0.5, 0.6) is 5.75 Å². The van der Waals surface area contributed by atoms with Crippen molar-refractivity contribution in [2.45, 2.75) is 97.8 Å². The van der Waals surface area contributed by atoms with Gasteiger partial charge in [0.25, 0.3) is 0 Å². The van der Waals surface area contributed by atoms with Gasteiger partial charge in [-0.15, -0.1) is 0 Å². The lowest BCUT2D eigenvalue weighted by molar-refractivity contribution is 0.276. The zero-order valence-corrected chi connectivity index (χ0v) is 20.5. The predicted octanol–water partition coefficient (Wildman–Crippen LogP) is 7.15. The van der Waals surface area contributed by atoms with E-state index in [1.165, 1.54) is 11.1 Å². The first kappa shape index (κ1) is 22.5. The molecule has 0 fully saturated rings. The second-order valence-electron chi connectivity index (χ2n) is 10.3. The first-order chi connectivity index (χ1) is 11.1. The van der Waals surface area contributed by atoms with Crippen molar-refractivity contribution >= 4 is 16.6 Å². The van der Waals surface area contributed by atoms with Crippen LogP contribution in [0.15, 0.2) is 18.2 Å². The van der Waals surface area contributed by atoms with Gasteiger partial charge in [0.15, 0.2) is 8.32 Å². The van der Waals surface area contributed by atoms with E-state index < -0.39 is 16.6 Å². The van der Waals surface area contributed by atoms with E-state index in [1.54, 1.807) is 0 Å². The summed E-state index contributed by atoms with van der Waals surface area (Å²) in [6, 6.07) is 6.66. The molecule has 0 aliphatic carbocycles. The molecule has 0 amide bonds. The second-order valence-corrected chi connectivity index (χ2v) is 19.8. The highest BCUT2D eigenvalue weighted by Gasteiger charge is 2.39. The fourth-order valence-corrected chi connectivity index (χ4v) is 3.98. The Morgan fingerprint density at radius 1 is 0.760 bits per heavy atom.